The first-order valence-electron chi connectivity index (χ1n) is 7.54. The molecule has 0 spiro atoms. The Balaban J connectivity index is 1.67. The summed E-state index contributed by atoms with van der Waals surface area (Å²) in [5, 5.41) is 12.3. The molecular formula is C14H24N4. The maximum atomic E-state index is 4.43. The summed E-state index contributed by atoms with van der Waals surface area (Å²) < 4.78 is 2.36. The third-order valence-corrected chi connectivity index (χ3v) is 4.55. The molecule has 0 amide bonds. The number of hydrogen-bond acceptors (Lipinski definition) is 3. The van der Waals surface area contributed by atoms with Gasteiger partial charge in [0.05, 0.1) is 6.04 Å². The van der Waals surface area contributed by atoms with Gasteiger partial charge in [0.1, 0.15) is 11.6 Å². The standard InChI is InChI=1S/C14H24N4/c1-2-12-14-17-16-13(18(14)10-9-15-12)8-7-11-5-3-4-6-11/h11-12,15H,2-10H2,1H3. The van der Waals surface area contributed by atoms with Crippen molar-refractivity contribution in [3.8, 4) is 0 Å². The molecule has 1 aliphatic heterocycles. The van der Waals surface area contributed by atoms with Crippen LogP contribution in [-0.4, -0.2) is 21.3 Å². The number of nitrogens with zero attached hydrogens (tertiary/aromatic N) is 3. The zero-order chi connectivity index (χ0) is 12.4. The van der Waals surface area contributed by atoms with Crippen LogP contribution in [0.1, 0.15) is 63.1 Å². The van der Waals surface area contributed by atoms with Crippen molar-refractivity contribution < 1.29 is 0 Å². The molecule has 1 aliphatic carbocycles. The van der Waals surface area contributed by atoms with Crippen LogP contribution in [0, 0.1) is 5.92 Å². The molecule has 2 aliphatic rings. The van der Waals surface area contributed by atoms with Crippen LogP contribution in [0.15, 0.2) is 0 Å². The first-order valence-corrected chi connectivity index (χ1v) is 7.54. The third kappa shape index (κ3) is 2.30. The molecule has 4 heteroatoms. The van der Waals surface area contributed by atoms with Crippen molar-refractivity contribution >= 4 is 0 Å². The van der Waals surface area contributed by atoms with E-state index >= 15 is 0 Å². The van der Waals surface area contributed by atoms with E-state index in [2.05, 4.69) is 27.0 Å². The van der Waals surface area contributed by atoms with Gasteiger partial charge in [-0.25, -0.2) is 0 Å². The lowest BCUT2D eigenvalue weighted by Gasteiger charge is -2.24. The van der Waals surface area contributed by atoms with Gasteiger partial charge < -0.3 is 9.88 Å². The van der Waals surface area contributed by atoms with Gasteiger partial charge in [-0.15, -0.1) is 10.2 Å². The summed E-state index contributed by atoms with van der Waals surface area (Å²) in [5.74, 6) is 3.32. The van der Waals surface area contributed by atoms with E-state index in [1.54, 1.807) is 0 Å². The van der Waals surface area contributed by atoms with Crippen LogP contribution < -0.4 is 5.32 Å². The molecule has 0 saturated heterocycles. The second-order valence-electron chi connectivity index (χ2n) is 5.73. The third-order valence-electron chi connectivity index (χ3n) is 4.55. The van der Waals surface area contributed by atoms with Crippen LogP contribution in [-0.2, 0) is 13.0 Å². The fraction of sp³-hybridized carbons (Fsp3) is 0.857. The summed E-state index contributed by atoms with van der Waals surface area (Å²) in [5.41, 5.74) is 0. The molecule has 1 aromatic rings. The molecule has 1 aromatic heterocycles. The highest BCUT2D eigenvalue weighted by Crippen LogP contribution is 2.29. The normalized spacial score (nSPS) is 24.4. The Hall–Kier alpha value is -0.900. The van der Waals surface area contributed by atoms with E-state index < -0.39 is 0 Å². The molecule has 3 rings (SSSR count). The molecule has 100 valence electrons. The minimum Gasteiger partial charge on any atom is -0.312 e. The van der Waals surface area contributed by atoms with Gasteiger partial charge in [-0.05, 0) is 18.8 Å². The fourth-order valence-corrected chi connectivity index (χ4v) is 3.44. The molecule has 18 heavy (non-hydrogen) atoms. The van der Waals surface area contributed by atoms with Crippen LogP contribution in [0.25, 0.3) is 0 Å². The maximum Gasteiger partial charge on any atom is 0.150 e. The van der Waals surface area contributed by atoms with Crippen molar-refractivity contribution in [3.63, 3.8) is 0 Å². The van der Waals surface area contributed by atoms with Gasteiger partial charge in [0.15, 0.2) is 0 Å². The Bertz CT molecular complexity index is 392. The second-order valence-corrected chi connectivity index (χ2v) is 5.73. The molecule has 1 atom stereocenters. The van der Waals surface area contributed by atoms with Gasteiger partial charge in [-0.2, -0.15) is 0 Å². The van der Waals surface area contributed by atoms with E-state index in [4.69, 9.17) is 0 Å². The molecule has 1 unspecified atom stereocenters. The molecule has 0 aromatic carbocycles. The first-order chi connectivity index (χ1) is 8.88. The summed E-state index contributed by atoms with van der Waals surface area (Å²) >= 11 is 0. The van der Waals surface area contributed by atoms with Crippen molar-refractivity contribution in [3.05, 3.63) is 11.6 Å². The quantitative estimate of drug-likeness (QED) is 0.890. The second kappa shape index (κ2) is 5.39. The molecule has 1 N–H and O–H groups in total. The summed E-state index contributed by atoms with van der Waals surface area (Å²) in [6.45, 7) is 4.30. The van der Waals surface area contributed by atoms with E-state index in [1.807, 2.05) is 0 Å². The lowest BCUT2D eigenvalue weighted by molar-refractivity contribution is 0.396. The SMILES string of the molecule is CCC1NCCn2c(CCC3CCCC3)nnc21. The summed E-state index contributed by atoms with van der Waals surface area (Å²) in [7, 11) is 0. The zero-order valence-corrected chi connectivity index (χ0v) is 11.4. The first kappa shape index (κ1) is 12.2. The number of rotatable bonds is 4. The minimum atomic E-state index is 0.409. The van der Waals surface area contributed by atoms with Gasteiger partial charge in [0.2, 0.25) is 0 Å². The molecule has 1 saturated carbocycles. The average Bonchev–Trinajstić information content (AvgIpc) is 3.05. The topological polar surface area (TPSA) is 42.7 Å². The molecular weight excluding hydrogens is 224 g/mol. The highest BCUT2D eigenvalue weighted by Gasteiger charge is 2.24. The van der Waals surface area contributed by atoms with Crippen LogP contribution in [0.5, 0.6) is 0 Å². The summed E-state index contributed by atoms with van der Waals surface area (Å²) in [6, 6.07) is 0.409. The lowest BCUT2D eigenvalue weighted by atomic mass is 10.0. The predicted molar refractivity (Wildman–Crippen MR) is 71.3 cm³/mol. The van der Waals surface area contributed by atoms with Gasteiger partial charge in [-0.3, -0.25) is 0 Å². The van der Waals surface area contributed by atoms with E-state index in [9.17, 15) is 0 Å². The van der Waals surface area contributed by atoms with E-state index in [0.717, 1.165) is 37.7 Å². The molecule has 2 heterocycles. The number of aryl methyl sites for hydroxylation is 1. The highest BCUT2D eigenvalue weighted by atomic mass is 15.3. The number of fused-ring (bicyclic) bond motifs is 1. The smallest absolute Gasteiger partial charge is 0.150 e. The summed E-state index contributed by atoms with van der Waals surface area (Å²) in [6.07, 6.45) is 9.26. The monoisotopic (exact) mass is 248 g/mol. The van der Waals surface area contributed by atoms with Gasteiger partial charge in [0.25, 0.3) is 0 Å². The fourth-order valence-electron chi connectivity index (χ4n) is 3.44. The number of hydrogen-bond donors (Lipinski definition) is 1. The Morgan fingerprint density at radius 3 is 2.89 bits per heavy atom. The van der Waals surface area contributed by atoms with E-state index in [1.165, 1.54) is 37.9 Å². The Morgan fingerprint density at radius 2 is 2.11 bits per heavy atom. The predicted octanol–water partition coefficient (Wildman–Crippen LogP) is 2.46. The number of aromatic nitrogens is 3. The summed E-state index contributed by atoms with van der Waals surface area (Å²) in [4.78, 5) is 0. The van der Waals surface area contributed by atoms with Crippen LogP contribution in [0.3, 0.4) is 0 Å². The minimum absolute atomic E-state index is 0.409. The average molecular weight is 248 g/mol. The van der Waals surface area contributed by atoms with Crippen molar-refractivity contribution in [2.75, 3.05) is 6.54 Å². The van der Waals surface area contributed by atoms with Gasteiger partial charge >= 0.3 is 0 Å². The highest BCUT2D eigenvalue weighted by molar-refractivity contribution is 5.04. The Labute approximate surface area is 109 Å². The Kier molecular flexibility index (Phi) is 3.64. The van der Waals surface area contributed by atoms with E-state index in [0.29, 0.717) is 6.04 Å². The molecule has 0 bridgehead atoms. The van der Waals surface area contributed by atoms with Gasteiger partial charge in [-0.1, -0.05) is 32.6 Å². The van der Waals surface area contributed by atoms with Gasteiger partial charge in [0, 0.05) is 19.5 Å². The van der Waals surface area contributed by atoms with Crippen LogP contribution >= 0.6 is 0 Å². The lowest BCUT2D eigenvalue weighted by Crippen LogP contribution is -2.34. The van der Waals surface area contributed by atoms with Crippen molar-refractivity contribution in [2.45, 2.75) is 64.5 Å². The Morgan fingerprint density at radius 1 is 1.28 bits per heavy atom. The van der Waals surface area contributed by atoms with Crippen LogP contribution in [0.4, 0.5) is 0 Å². The zero-order valence-electron chi connectivity index (χ0n) is 11.4. The van der Waals surface area contributed by atoms with E-state index in [-0.39, 0.29) is 0 Å². The van der Waals surface area contributed by atoms with Crippen molar-refractivity contribution in [2.24, 2.45) is 5.92 Å². The molecule has 4 nitrogen and oxygen atoms in total. The molecule has 1 fully saturated rings. The molecule has 0 radical (unpaired) electrons. The largest absolute Gasteiger partial charge is 0.312 e. The number of nitrogens with one attached hydrogen (secondary N) is 1. The van der Waals surface area contributed by atoms with Crippen molar-refractivity contribution in [1.29, 1.82) is 0 Å². The van der Waals surface area contributed by atoms with Crippen molar-refractivity contribution in [1.82, 2.24) is 20.1 Å². The maximum absolute atomic E-state index is 4.43. The van der Waals surface area contributed by atoms with Crippen LogP contribution in [0.2, 0.25) is 0 Å².